The monoisotopic (exact) mass is 226 g/mol. The molecule has 1 saturated carbocycles. The molecule has 94 valence electrons. The molecule has 1 heterocycles. The van der Waals surface area contributed by atoms with Gasteiger partial charge in [-0.25, -0.2) is 0 Å². The van der Waals surface area contributed by atoms with Crippen LogP contribution < -0.4 is 5.32 Å². The topological polar surface area (TPSA) is 24.5 Å². The second-order valence-electron chi connectivity index (χ2n) is 5.40. The van der Waals surface area contributed by atoms with Crippen LogP contribution in [-0.4, -0.2) is 50.8 Å². The Balaban J connectivity index is 1.47. The highest BCUT2D eigenvalue weighted by Gasteiger charge is 2.21. The Hall–Kier alpha value is -0.120. The third-order valence-corrected chi connectivity index (χ3v) is 3.68. The fraction of sp³-hybridized carbons (Fsp3) is 1.00. The van der Waals surface area contributed by atoms with Crippen molar-refractivity contribution in [3.8, 4) is 0 Å². The van der Waals surface area contributed by atoms with Crippen molar-refractivity contribution in [1.82, 2.24) is 10.2 Å². The molecule has 0 aromatic rings. The van der Waals surface area contributed by atoms with Crippen LogP contribution >= 0.6 is 0 Å². The summed E-state index contributed by atoms with van der Waals surface area (Å²) in [6.45, 7) is 5.41. The zero-order valence-corrected chi connectivity index (χ0v) is 10.6. The lowest BCUT2D eigenvalue weighted by Gasteiger charge is -2.16. The molecule has 1 saturated heterocycles. The highest BCUT2D eigenvalue weighted by molar-refractivity contribution is 4.74. The predicted octanol–water partition coefficient (Wildman–Crippen LogP) is 1.49. The average Bonchev–Trinajstić information content (AvgIpc) is 3.07. The van der Waals surface area contributed by atoms with E-state index in [-0.39, 0.29) is 0 Å². The van der Waals surface area contributed by atoms with Crippen LogP contribution in [0.2, 0.25) is 0 Å². The van der Waals surface area contributed by atoms with Crippen molar-refractivity contribution in [1.29, 1.82) is 0 Å². The van der Waals surface area contributed by atoms with E-state index in [9.17, 15) is 0 Å². The smallest absolute Gasteiger partial charge is 0.0591 e. The molecule has 16 heavy (non-hydrogen) atoms. The molecular weight excluding hydrogens is 200 g/mol. The van der Waals surface area contributed by atoms with Crippen molar-refractivity contribution < 1.29 is 4.74 Å². The van der Waals surface area contributed by atoms with Gasteiger partial charge in [0.2, 0.25) is 0 Å². The van der Waals surface area contributed by atoms with Gasteiger partial charge in [0.1, 0.15) is 0 Å². The molecule has 1 aliphatic carbocycles. The minimum Gasteiger partial charge on any atom is -0.380 e. The summed E-state index contributed by atoms with van der Waals surface area (Å²) in [4.78, 5) is 2.44. The molecule has 0 radical (unpaired) electrons. The van der Waals surface area contributed by atoms with Crippen LogP contribution in [0.4, 0.5) is 0 Å². The second-order valence-corrected chi connectivity index (χ2v) is 5.40. The standard InChI is InChI=1S/C13H26N2O/c1-15-8-2-3-13(6-9-15)14-7-10-16-11-12-4-5-12/h12-14H,2-11H2,1H3. The Morgan fingerprint density at radius 3 is 2.88 bits per heavy atom. The van der Waals surface area contributed by atoms with E-state index in [1.165, 1.54) is 45.2 Å². The molecule has 0 amide bonds. The first kappa shape index (κ1) is 12.3. The van der Waals surface area contributed by atoms with Gasteiger partial charge in [-0.05, 0) is 58.2 Å². The van der Waals surface area contributed by atoms with E-state index in [0.717, 1.165) is 31.7 Å². The Morgan fingerprint density at radius 2 is 2.06 bits per heavy atom. The van der Waals surface area contributed by atoms with Crippen LogP contribution in [-0.2, 0) is 4.74 Å². The third-order valence-electron chi connectivity index (χ3n) is 3.68. The summed E-state index contributed by atoms with van der Waals surface area (Å²) < 4.78 is 5.63. The minimum absolute atomic E-state index is 0.717. The van der Waals surface area contributed by atoms with Gasteiger partial charge in [-0.2, -0.15) is 0 Å². The van der Waals surface area contributed by atoms with Gasteiger partial charge in [-0.3, -0.25) is 0 Å². The van der Waals surface area contributed by atoms with Crippen LogP contribution in [0.25, 0.3) is 0 Å². The fourth-order valence-electron chi connectivity index (χ4n) is 2.31. The van der Waals surface area contributed by atoms with Gasteiger partial charge in [-0.15, -0.1) is 0 Å². The molecule has 0 bridgehead atoms. The maximum atomic E-state index is 5.63. The maximum Gasteiger partial charge on any atom is 0.0591 e. The van der Waals surface area contributed by atoms with E-state index in [4.69, 9.17) is 4.74 Å². The number of hydrogen-bond acceptors (Lipinski definition) is 3. The van der Waals surface area contributed by atoms with Crippen molar-refractivity contribution in [3.63, 3.8) is 0 Å². The lowest BCUT2D eigenvalue weighted by molar-refractivity contribution is 0.123. The van der Waals surface area contributed by atoms with Crippen molar-refractivity contribution in [3.05, 3.63) is 0 Å². The Bertz CT molecular complexity index is 194. The van der Waals surface area contributed by atoms with E-state index >= 15 is 0 Å². The molecule has 3 heteroatoms. The molecule has 0 aromatic carbocycles. The molecule has 2 fully saturated rings. The summed E-state index contributed by atoms with van der Waals surface area (Å²) >= 11 is 0. The van der Waals surface area contributed by atoms with Crippen LogP contribution in [0.1, 0.15) is 32.1 Å². The molecular formula is C13H26N2O. The number of nitrogens with zero attached hydrogens (tertiary/aromatic N) is 1. The molecule has 2 aliphatic rings. The number of nitrogens with one attached hydrogen (secondary N) is 1. The van der Waals surface area contributed by atoms with Crippen molar-refractivity contribution in [2.75, 3.05) is 39.9 Å². The average molecular weight is 226 g/mol. The predicted molar refractivity (Wildman–Crippen MR) is 66.7 cm³/mol. The number of rotatable bonds is 6. The summed E-state index contributed by atoms with van der Waals surface area (Å²) in [6.07, 6.45) is 6.73. The van der Waals surface area contributed by atoms with Crippen molar-refractivity contribution in [2.45, 2.75) is 38.1 Å². The molecule has 1 aliphatic heterocycles. The summed E-state index contributed by atoms with van der Waals surface area (Å²) in [7, 11) is 2.22. The molecule has 0 aromatic heterocycles. The molecule has 1 N–H and O–H groups in total. The SMILES string of the molecule is CN1CCCC(NCCOCC2CC2)CC1. The Kier molecular flexibility index (Phi) is 5.07. The van der Waals surface area contributed by atoms with Gasteiger partial charge in [0.25, 0.3) is 0 Å². The van der Waals surface area contributed by atoms with Crippen LogP contribution in [0.15, 0.2) is 0 Å². The summed E-state index contributed by atoms with van der Waals surface area (Å²) in [5.74, 6) is 0.895. The molecule has 3 nitrogen and oxygen atoms in total. The fourth-order valence-corrected chi connectivity index (χ4v) is 2.31. The lowest BCUT2D eigenvalue weighted by atomic mass is 10.1. The Labute approximate surface area is 99.5 Å². The molecule has 2 rings (SSSR count). The zero-order chi connectivity index (χ0) is 11.2. The van der Waals surface area contributed by atoms with E-state index in [0.29, 0.717) is 0 Å². The summed E-state index contributed by atoms with van der Waals surface area (Å²) in [5, 5.41) is 3.62. The lowest BCUT2D eigenvalue weighted by Crippen LogP contribution is -2.33. The van der Waals surface area contributed by atoms with Gasteiger partial charge in [0.05, 0.1) is 6.61 Å². The quantitative estimate of drug-likeness (QED) is 0.694. The van der Waals surface area contributed by atoms with Crippen LogP contribution in [0.3, 0.4) is 0 Å². The number of likely N-dealkylation sites (tertiary alicyclic amines) is 1. The molecule has 1 unspecified atom stereocenters. The normalized spacial score (nSPS) is 27.9. The number of ether oxygens (including phenoxy) is 1. The van der Waals surface area contributed by atoms with Gasteiger partial charge in [-0.1, -0.05) is 0 Å². The van der Waals surface area contributed by atoms with E-state index < -0.39 is 0 Å². The minimum atomic E-state index is 0.717. The first-order chi connectivity index (χ1) is 7.84. The molecule has 0 spiro atoms. The van der Waals surface area contributed by atoms with Crippen molar-refractivity contribution in [2.24, 2.45) is 5.92 Å². The van der Waals surface area contributed by atoms with Crippen LogP contribution in [0.5, 0.6) is 0 Å². The van der Waals surface area contributed by atoms with Gasteiger partial charge in [0, 0.05) is 19.2 Å². The third kappa shape index (κ3) is 4.81. The second kappa shape index (κ2) is 6.58. The van der Waals surface area contributed by atoms with Gasteiger partial charge < -0.3 is 15.0 Å². The highest BCUT2D eigenvalue weighted by atomic mass is 16.5. The van der Waals surface area contributed by atoms with Crippen LogP contribution in [0, 0.1) is 5.92 Å². The van der Waals surface area contributed by atoms with Gasteiger partial charge >= 0.3 is 0 Å². The highest BCUT2D eigenvalue weighted by Crippen LogP contribution is 2.28. The Morgan fingerprint density at radius 1 is 1.19 bits per heavy atom. The van der Waals surface area contributed by atoms with Crippen molar-refractivity contribution >= 4 is 0 Å². The number of hydrogen-bond donors (Lipinski definition) is 1. The zero-order valence-electron chi connectivity index (χ0n) is 10.6. The molecule has 1 atom stereocenters. The van der Waals surface area contributed by atoms with Gasteiger partial charge in [0.15, 0.2) is 0 Å². The summed E-state index contributed by atoms with van der Waals surface area (Å²) in [5.41, 5.74) is 0. The first-order valence-electron chi connectivity index (χ1n) is 6.84. The van der Waals surface area contributed by atoms with E-state index in [1.54, 1.807) is 0 Å². The van der Waals surface area contributed by atoms with E-state index in [1.807, 2.05) is 0 Å². The van der Waals surface area contributed by atoms with E-state index in [2.05, 4.69) is 17.3 Å². The first-order valence-corrected chi connectivity index (χ1v) is 6.84. The largest absolute Gasteiger partial charge is 0.380 e. The summed E-state index contributed by atoms with van der Waals surface area (Å²) in [6, 6.07) is 0.717. The maximum absolute atomic E-state index is 5.63.